The number of hydrogen-bond donors (Lipinski definition) is 2. The average Bonchev–Trinajstić information content (AvgIpc) is 3.28. The van der Waals surface area contributed by atoms with Crippen LogP contribution in [0.15, 0.2) is 36.4 Å². The van der Waals surface area contributed by atoms with Crippen LogP contribution in [0.2, 0.25) is 0 Å². The van der Waals surface area contributed by atoms with Crippen molar-refractivity contribution in [3.63, 3.8) is 0 Å². The molecule has 136 valence electrons. The van der Waals surface area contributed by atoms with E-state index in [2.05, 4.69) is 23.5 Å². The van der Waals surface area contributed by atoms with Gasteiger partial charge in [0.15, 0.2) is 0 Å². The van der Waals surface area contributed by atoms with E-state index < -0.39 is 5.97 Å². The van der Waals surface area contributed by atoms with Crippen LogP contribution in [0.4, 0.5) is 0 Å². The van der Waals surface area contributed by atoms with E-state index in [0.29, 0.717) is 19.3 Å². The molecule has 2 aliphatic carbocycles. The van der Waals surface area contributed by atoms with Crippen molar-refractivity contribution in [3.8, 4) is 0 Å². The van der Waals surface area contributed by atoms with Gasteiger partial charge >= 0.3 is 5.97 Å². The Balaban J connectivity index is 1.49. The topological polar surface area (TPSA) is 79.3 Å². The number of carbonyl (C=O) groups is 2. The van der Waals surface area contributed by atoms with Crippen molar-refractivity contribution < 1.29 is 14.7 Å². The lowest BCUT2D eigenvalue weighted by Gasteiger charge is -2.27. The summed E-state index contributed by atoms with van der Waals surface area (Å²) >= 11 is 1.67. The molecule has 0 bridgehead atoms. The summed E-state index contributed by atoms with van der Waals surface area (Å²) in [6.45, 7) is 0. The summed E-state index contributed by atoms with van der Waals surface area (Å²) in [6.07, 6.45) is 7.67. The number of aliphatic carboxylic acids is 1. The van der Waals surface area contributed by atoms with Crippen LogP contribution in [-0.2, 0) is 9.59 Å². The Morgan fingerprint density at radius 3 is 2.73 bits per heavy atom. The van der Waals surface area contributed by atoms with E-state index in [1.807, 2.05) is 18.2 Å². The lowest BCUT2D eigenvalue weighted by atomic mass is 9.82. The molecule has 6 heteroatoms. The van der Waals surface area contributed by atoms with Gasteiger partial charge in [-0.3, -0.25) is 9.59 Å². The van der Waals surface area contributed by atoms with Crippen LogP contribution in [0.3, 0.4) is 0 Å². The number of nitrogens with zero attached hydrogens (tertiary/aromatic N) is 1. The highest BCUT2D eigenvalue weighted by atomic mass is 32.1. The summed E-state index contributed by atoms with van der Waals surface area (Å²) in [5, 5.41) is 13.3. The number of aromatic nitrogens is 1. The maximum Gasteiger partial charge on any atom is 0.306 e. The molecule has 0 radical (unpaired) electrons. The first-order chi connectivity index (χ1) is 12.6. The van der Waals surface area contributed by atoms with E-state index in [0.717, 1.165) is 28.1 Å². The second-order valence-electron chi connectivity index (χ2n) is 7.23. The van der Waals surface area contributed by atoms with Gasteiger partial charge in [-0.05, 0) is 44.2 Å². The van der Waals surface area contributed by atoms with Gasteiger partial charge in [0.2, 0.25) is 5.91 Å². The van der Waals surface area contributed by atoms with Crippen LogP contribution in [0, 0.1) is 11.8 Å². The number of thiazole rings is 1. The van der Waals surface area contributed by atoms with Crippen LogP contribution < -0.4 is 5.32 Å². The summed E-state index contributed by atoms with van der Waals surface area (Å²) in [7, 11) is 0. The van der Waals surface area contributed by atoms with Crippen molar-refractivity contribution in [2.75, 3.05) is 0 Å². The highest BCUT2D eigenvalue weighted by Crippen LogP contribution is 2.39. The summed E-state index contributed by atoms with van der Waals surface area (Å²) in [5.41, 5.74) is 0.987. The normalized spacial score (nSPS) is 28.3. The number of carboxylic acid groups (broad SMARTS) is 1. The Bertz CT molecular complexity index is 827. The first kappa shape index (κ1) is 17.2. The number of carbonyl (C=O) groups excluding carboxylic acids is 1. The SMILES string of the molecule is O=C(N[C@H]1CC[C@@H](C(=O)O)C1)C1CC=CCC1c1nc2ccccc2s1. The molecule has 2 aromatic rings. The van der Waals surface area contributed by atoms with Gasteiger partial charge in [-0.1, -0.05) is 24.3 Å². The molecule has 0 aliphatic heterocycles. The fraction of sp³-hybridized carbons (Fsp3) is 0.450. The van der Waals surface area contributed by atoms with Crippen LogP contribution in [-0.4, -0.2) is 28.0 Å². The first-order valence-corrected chi connectivity index (χ1v) is 9.97. The molecule has 1 fully saturated rings. The Hall–Kier alpha value is -2.21. The van der Waals surface area contributed by atoms with E-state index in [4.69, 9.17) is 10.1 Å². The fourth-order valence-corrected chi connectivity index (χ4v) is 5.22. The largest absolute Gasteiger partial charge is 0.481 e. The number of rotatable bonds is 4. The Morgan fingerprint density at radius 1 is 1.15 bits per heavy atom. The zero-order chi connectivity index (χ0) is 18.1. The molecule has 1 aromatic carbocycles. The Labute approximate surface area is 156 Å². The lowest BCUT2D eigenvalue weighted by molar-refractivity contribution is -0.141. The van der Waals surface area contributed by atoms with Crippen molar-refractivity contribution in [1.29, 1.82) is 0 Å². The van der Waals surface area contributed by atoms with Gasteiger partial charge in [0.25, 0.3) is 0 Å². The number of nitrogens with one attached hydrogen (secondary N) is 1. The molecule has 5 nitrogen and oxygen atoms in total. The number of amides is 1. The minimum Gasteiger partial charge on any atom is -0.481 e. The molecule has 0 saturated heterocycles. The summed E-state index contributed by atoms with van der Waals surface area (Å²) in [4.78, 5) is 28.8. The Kier molecular flexibility index (Phi) is 4.76. The smallest absolute Gasteiger partial charge is 0.306 e. The number of para-hydroxylation sites is 1. The number of fused-ring (bicyclic) bond motifs is 1. The minimum atomic E-state index is -0.755. The van der Waals surface area contributed by atoms with Crippen molar-refractivity contribution in [3.05, 3.63) is 41.4 Å². The quantitative estimate of drug-likeness (QED) is 0.804. The van der Waals surface area contributed by atoms with Crippen molar-refractivity contribution in [2.24, 2.45) is 11.8 Å². The maximum atomic E-state index is 12.9. The minimum absolute atomic E-state index is 0.0227. The number of allylic oxidation sites excluding steroid dienone is 2. The molecule has 4 atom stereocenters. The van der Waals surface area contributed by atoms with E-state index in [1.54, 1.807) is 11.3 Å². The van der Waals surface area contributed by atoms with Crippen molar-refractivity contribution in [1.82, 2.24) is 10.3 Å². The van der Waals surface area contributed by atoms with E-state index in [-0.39, 0.29) is 29.7 Å². The number of carboxylic acids is 1. The molecule has 1 amide bonds. The molecule has 26 heavy (non-hydrogen) atoms. The predicted octanol–water partition coefficient (Wildman–Crippen LogP) is 3.72. The van der Waals surface area contributed by atoms with Gasteiger partial charge in [-0.2, -0.15) is 0 Å². The molecule has 4 rings (SSSR count). The first-order valence-electron chi connectivity index (χ1n) is 9.15. The monoisotopic (exact) mass is 370 g/mol. The van der Waals surface area contributed by atoms with Gasteiger partial charge in [-0.15, -0.1) is 11.3 Å². The second kappa shape index (κ2) is 7.19. The molecular weight excluding hydrogens is 348 g/mol. The molecule has 1 heterocycles. The third-order valence-electron chi connectivity index (χ3n) is 5.53. The highest BCUT2D eigenvalue weighted by molar-refractivity contribution is 7.18. The van der Waals surface area contributed by atoms with E-state index >= 15 is 0 Å². The van der Waals surface area contributed by atoms with Gasteiger partial charge < -0.3 is 10.4 Å². The number of hydrogen-bond acceptors (Lipinski definition) is 4. The van der Waals surface area contributed by atoms with Gasteiger partial charge in [0.05, 0.1) is 27.1 Å². The lowest BCUT2D eigenvalue weighted by Crippen LogP contribution is -2.40. The fourth-order valence-electron chi connectivity index (χ4n) is 4.07. The second-order valence-corrected chi connectivity index (χ2v) is 8.29. The van der Waals surface area contributed by atoms with Gasteiger partial charge in [-0.25, -0.2) is 4.98 Å². The zero-order valence-corrected chi connectivity index (χ0v) is 15.2. The predicted molar refractivity (Wildman–Crippen MR) is 101 cm³/mol. The van der Waals surface area contributed by atoms with Gasteiger partial charge in [0.1, 0.15) is 0 Å². The highest BCUT2D eigenvalue weighted by Gasteiger charge is 2.36. The third kappa shape index (κ3) is 3.38. The molecule has 2 aliphatic rings. The Morgan fingerprint density at radius 2 is 1.96 bits per heavy atom. The van der Waals surface area contributed by atoms with Crippen molar-refractivity contribution in [2.45, 2.75) is 44.1 Å². The zero-order valence-electron chi connectivity index (χ0n) is 14.4. The summed E-state index contributed by atoms with van der Waals surface area (Å²) in [6, 6.07) is 8.04. The standard InChI is InChI=1S/C20H22N2O3S/c23-18(21-13-10-9-12(11-13)20(24)25)14-5-1-2-6-15(14)19-22-16-7-3-4-8-17(16)26-19/h1-4,7-8,12-15H,5-6,9-11H2,(H,21,23)(H,24,25)/t12-,13+,14?,15?/m1/s1. The van der Waals surface area contributed by atoms with E-state index in [1.165, 1.54) is 0 Å². The molecule has 1 saturated carbocycles. The average molecular weight is 370 g/mol. The summed E-state index contributed by atoms with van der Waals surface area (Å²) < 4.78 is 1.15. The van der Waals surface area contributed by atoms with Gasteiger partial charge in [0, 0.05) is 12.0 Å². The van der Waals surface area contributed by atoms with Crippen LogP contribution in [0.1, 0.15) is 43.0 Å². The molecule has 1 aromatic heterocycles. The van der Waals surface area contributed by atoms with E-state index in [9.17, 15) is 9.59 Å². The van der Waals surface area contributed by atoms with Crippen LogP contribution in [0.25, 0.3) is 10.2 Å². The van der Waals surface area contributed by atoms with Crippen LogP contribution >= 0.6 is 11.3 Å². The van der Waals surface area contributed by atoms with Crippen molar-refractivity contribution >= 4 is 33.4 Å². The van der Waals surface area contributed by atoms with Crippen LogP contribution in [0.5, 0.6) is 0 Å². The molecular formula is C20H22N2O3S. The molecule has 2 N–H and O–H groups in total. The number of benzene rings is 1. The molecule has 2 unspecified atom stereocenters. The summed E-state index contributed by atoms with van der Waals surface area (Å²) in [5.74, 6) is -1.09. The maximum absolute atomic E-state index is 12.9. The molecule has 0 spiro atoms. The third-order valence-corrected chi connectivity index (χ3v) is 6.69.